The van der Waals surface area contributed by atoms with Crippen molar-refractivity contribution in [2.75, 3.05) is 68.3 Å². The molecule has 2 aliphatic heterocycles. The molecule has 6 rings (SSSR count). The van der Waals surface area contributed by atoms with E-state index in [2.05, 4.69) is 50.4 Å². The first-order valence-corrected chi connectivity index (χ1v) is 13.1. The smallest absolute Gasteiger partial charge is 0.231 e. The number of β-amino-alcohol motifs (C(OH)–C–C–N with tert-alkyl or cyclic N) is 1. The predicted molar refractivity (Wildman–Crippen MR) is 148 cm³/mol. The number of hydrogen-bond acceptors (Lipinski definition) is 9. The van der Waals surface area contributed by atoms with E-state index in [1.807, 2.05) is 35.5 Å². The predicted octanol–water partition coefficient (Wildman–Crippen LogP) is 3.71. The van der Waals surface area contributed by atoms with Gasteiger partial charge in [-0.05, 0) is 23.8 Å². The highest BCUT2D eigenvalue weighted by Gasteiger charge is 2.31. The summed E-state index contributed by atoms with van der Waals surface area (Å²) in [6, 6.07) is 18.5. The summed E-state index contributed by atoms with van der Waals surface area (Å²) in [5.41, 5.74) is 3.83. The second-order valence-corrected chi connectivity index (χ2v) is 9.55. The minimum Gasteiger partial charge on any atom is -0.495 e. The maximum Gasteiger partial charge on any atom is 0.231 e. The Morgan fingerprint density at radius 3 is 2.71 bits per heavy atom. The number of benzene rings is 2. The summed E-state index contributed by atoms with van der Waals surface area (Å²) in [6.07, 6.45) is 2.76. The van der Waals surface area contributed by atoms with Gasteiger partial charge in [0.25, 0.3) is 0 Å². The number of H-pyrrole nitrogens is 1. The van der Waals surface area contributed by atoms with Crippen molar-refractivity contribution < 1.29 is 14.7 Å². The molecular weight excluding hydrogens is 482 g/mol. The molecular formula is C28H33N7O3. The minimum absolute atomic E-state index is 0.0780. The molecule has 0 spiro atoms. The average Bonchev–Trinajstić information content (AvgIpc) is 3.64. The average molecular weight is 516 g/mol. The summed E-state index contributed by atoms with van der Waals surface area (Å²) in [5, 5.41) is 15.4. The van der Waals surface area contributed by atoms with E-state index in [1.54, 1.807) is 7.11 Å². The van der Waals surface area contributed by atoms with Crippen LogP contribution in [0.1, 0.15) is 18.0 Å². The molecule has 2 saturated heterocycles. The number of nitrogens with zero attached hydrogens (tertiary/aromatic N) is 5. The molecule has 0 amide bonds. The Hall–Kier alpha value is -3.86. The van der Waals surface area contributed by atoms with Gasteiger partial charge in [-0.1, -0.05) is 30.3 Å². The lowest BCUT2D eigenvalue weighted by molar-refractivity contribution is 0.157. The van der Waals surface area contributed by atoms with Crippen LogP contribution in [0, 0.1) is 0 Å². The van der Waals surface area contributed by atoms with Crippen LogP contribution in [0.4, 0.5) is 23.1 Å². The molecule has 1 atom stereocenters. The number of anilines is 4. The quantitative estimate of drug-likeness (QED) is 0.324. The number of aliphatic hydroxyl groups excluding tert-OH is 1. The van der Waals surface area contributed by atoms with E-state index in [1.165, 1.54) is 5.56 Å². The van der Waals surface area contributed by atoms with Crippen molar-refractivity contribution in [3.05, 3.63) is 66.4 Å². The highest BCUT2D eigenvalue weighted by atomic mass is 16.7. The van der Waals surface area contributed by atoms with E-state index in [-0.39, 0.29) is 12.6 Å². The fraction of sp³-hybridized carbons (Fsp3) is 0.357. The van der Waals surface area contributed by atoms with Gasteiger partial charge in [0.15, 0.2) is 5.82 Å². The SMILES string of the molecule is COc1cc(Nc2nc(N3OCC[C@H]3c3ccccc3)c3cc[nH]c3n2)ccc1N1CCN(CCO)CC1. The molecule has 10 heteroatoms. The molecule has 2 fully saturated rings. The number of methoxy groups -OCH3 is 1. The Bertz CT molecular complexity index is 1370. The largest absolute Gasteiger partial charge is 0.495 e. The standard InChI is InChI=1S/C28H33N7O3/c1-37-25-19-21(7-8-24(25)34-14-12-33(13-15-34)16-17-36)30-28-31-26-22(9-11-29-26)27(32-28)35-23(10-18-38-35)20-5-3-2-4-6-20/h2-9,11,19,23,36H,10,12-18H2,1H3,(H2,29,30,31,32)/t23-/m0/s1. The fourth-order valence-electron chi connectivity index (χ4n) is 5.30. The number of piperazine rings is 1. The number of fused-ring (bicyclic) bond motifs is 1. The van der Waals surface area contributed by atoms with Gasteiger partial charge in [-0.15, -0.1) is 0 Å². The highest BCUT2D eigenvalue weighted by molar-refractivity contribution is 5.89. The molecule has 4 aromatic rings. The van der Waals surface area contributed by atoms with E-state index in [0.717, 1.165) is 73.1 Å². The molecule has 2 aromatic heterocycles. The fourth-order valence-corrected chi connectivity index (χ4v) is 5.30. The summed E-state index contributed by atoms with van der Waals surface area (Å²) < 4.78 is 5.77. The molecule has 0 bridgehead atoms. The van der Waals surface area contributed by atoms with Crippen molar-refractivity contribution in [2.45, 2.75) is 12.5 Å². The number of aromatic nitrogens is 3. The molecule has 0 radical (unpaired) electrons. The summed E-state index contributed by atoms with van der Waals surface area (Å²) in [6.45, 7) is 5.15. The van der Waals surface area contributed by atoms with Gasteiger partial charge in [0.1, 0.15) is 11.4 Å². The Morgan fingerprint density at radius 2 is 1.92 bits per heavy atom. The van der Waals surface area contributed by atoms with Crippen molar-refractivity contribution in [1.82, 2.24) is 19.9 Å². The lowest BCUT2D eigenvalue weighted by Gasteiger charge is -2.36. The second-order valence-electron chi connectivity index (χ2n) is 9.55. The van der Waals surface area contributed by atoms with Gasteiger partial charge in [0.2, 0.25) is 5.95 Å². The van der Waals surface area contributed by atoms with Crippen LogP contribution in [0.5, 0.6) is 5.75 Å². The number of ether oxygens (including phenoxy) is 1. The first-order valence-electron chi connectivity index (χ1n) is 13.1. The number of hydrogen-bond donors (Lipinski definition) is 3. The third-order valence-electron chi connectivity index (χ3n) is 7.26. The summed E-state index contributed by atoms with van der Waals surface area (Å²) in [4.78, 5) is 23.5. The molecule has 0 aliphatic carbocycles. The van der Waals surface area contributed by atoms with Crippen LogP contribution in [-0.4, -0.2) is 78.0 Å². The Labute approximate surface area is 221 Å². The molecule has 0 unspecified atom stereocenters. The zero-order valence-corrected chi connectivity index (χ0v) is 21.5. The van der Waals surface area contributed by atoms with Crippen LogP contribution in [0.2, 0.25) is 0 Å². The number of aliphatic hydroxyl groups is 1. The van der Waals surface area contributed by atoms with Crippen LogP contribution in [0.3, 0.4) is 0 Å². The summed E-state index contributed by atoms with van der Waals surface area (Å²) >= 11 is 0. The summed E-state index contributed by atoms with van der Waals surface area (Å²) in [7, 11) is 1.69. The minimum atomic E-state index is 0.0780. The first kappa shape index (κ1) is 24.5. The number of rotatable bonds is 8. The van der Waals surface area contributed by atoms with Crippen molar-refractivity contribution >= 4 is 34.2 Å². The number of nitrogens with one attached hydrogen (secondary N) is 2. The maximum atomic E-state index is 9.22. The second kappa shape index (κ2) is 10.9. The Kier molecular flexibility index (Phi) is 7.00. The van der Waals surface area contributed by atoms with Gasteiger partial charge in [-0.3, -0.25) is 9.74 Å². The molecule has 4 heterocycles. The monoisotopic (exact) mass is 515 g/mol. The molecule has 10 nitrogen and oxygen atoms in total. The number of hydroxylamine groups is 1. The van der Waals surface area contributed by atoms with Crippen LogP contribution < -0.4 is 20.0 Å². The Balaban J connectivity index is 1.26. The zero-order chi connectivity index (χ0) is 25.9. The normalized spacial score (nSPS) is 18.3. The van der Waals surface area contributed by atoms with E-state index in [4.69, 9.17) is 19.5 Å². The van der Waals surface area contributed by atoms with Gasteiger partial charge in [-0.25, -0.2) is 5.06 Å². The lowest BCUT2D eigenvalue weighted by atomic mass is 10.0. The van der Waals surface area contributed by atoms with Crippen LogP contribution in [0.25, 0.3) is 11.0 Å². The van der Waals surface area contributed by atoms with E-state index in [0.29, 0.717) is 12.6 Å². The van der Waals surface area contributed by atoms with Gasteiger partial charge in [0.05, 0.1) is 37.4 Å². The van der Waals surface area contributed by atoms with Gasteiger partial charge in [0, 0.05) is 57.1 Å². The van der Waals surface area contributed by atoms with Crippen molar-refractivity contribution in [2.24, 2.45) is 0 Å². The molecule has 2 aromatic carbocycles. The van der Waals surface area contributed by atoms with Crippen molar-refractivity contribution in [3.63, 3.8) is 0 Å². The van der Waals surface area contributed by atoms with Gasteiger partial charge in [-0.2, -0.15) is 9.97 Å². The van der Waals surface area contributed by atoms with Crippen LogP contribution >= 0.6 is 0 Å². The molecule has 2 aliphatic rings. The number of aromatic amines is 1. The maximum absolute atomic E-state index is 9.22. The van der Waals surface area contributed by atoms with Crippen molar-refractivity contribution in [1.29, 1.82) is 0 Å². The van der Waals surface area contributed by atoms with E-state index >= 15 is 0 Å². The lowest BCUT2D eigenvalue weighted by Crippen LogP contribution is -2.47. The van der Waals surface area contributed by atoms with Crippen LogP contribution in [0.15, 0.2) is 60.8 Å². The third kappa shape index (κ3) is 4.85. The molecule has 38 heavy (non-hydrogen) atoms. The zero-order valence-electron chi connectivity index (χ0n) is 21.5. The molecule has 198 valence electrons. The van der Waals surface area contributed by atoms with Crippen molar-refractivity contribution in [3.8, 4) is 5.75 Å². The highest BCUT2D eigenvalue weighted by Crippen LogP contribution is 2.38. The third-order valence-corrected chi connectivity index (χ3v) is 7.26. The first-order chi connectivity index (χ1) is 18.7. The molecule has 0 saturated carbocycles. The van der Waals surface area contributed by atoms with E-state index < -0.39 is 0 Å². The van der Waals surface area contributed by atoms with E-state index in [9.17, 15) is 5.11 Å². The Morgan fingerprint density at radius 1 is 1.08 bits per heavy atom. The molecule has 3 N–H and O–H groups in total. The topological polar surface area (TPSA) is 102 Å². The van der Waals surface area contributed by atoms with Gasteiger partial charge >= 0.3 is 0 Å². The summed E-state index contributed by atoms with van der Waals surface area (Å²) in [5.74, 6) is 2.00. The van der Waals surface area contributed by atoms with Crippen LogP contribution in [-0.2, 0) is 4.84 Å². The van der Waals surface area contributed by atoms with Gasteiger partial charge < -0.3 is 25.0 Å².